The van der Waals surface area contributed by atoms with E-state index < -0.39 is 18.0 Å². The summed E-state index contributed by atoms with van der Waals surface area (Å²) < 4.78 is 0. The Labute approximate surface area is 99.1 Å². The molecule has 17 heavy (non-hydrogen) atoms. The smallest absolute Gasteiger partial charge is 0.315 e. The minimum Gasteiger partial charge on any atom is -0.481 e. The Morgan fingerprint density at radius 3 is 2.71 bits per heavy atom. The number of urea groups is 1. The number of amides is 2. The Morgan fingerprint density at radius 2 is 2.24 bits per heavy atom. The van der Waals surface area contributed by atoms with Gasteiger partial charge in [-0.25, -0.2) is 4.79 Å². The SMILES string of the molecule is CC(CC(=O)O)N(Cc1ccccn1)C(N)=O. The van der Waals surface area contributed by atoms with Gasteiger partial charge in [0.05, 0.1) is 18.7 Å². The summed E-state index contributed by atoms with van der Waals surface area (Å²) in [5.41, 5.74) is 5.90. The predicted octanol–water partition coefficient (Wildman–Crippen LogP) is 0.826. The van der Waals surface area contributed by atoms with Gasteiger partial charge in [0.15, 0.2) is 0 Å². The largest absolute Gasteiger partial charge is 0.481 e. The lowest BCUT2D eigenvalue weighted by atomic mass is 10.2. The fraction of sp³-hybridized carbons (Fsp3) is 0.364. The molecule has 0 saturated carbocycles. The summed E-state index contributed by atoms with van der Waals surface area (Å²) in [6.07, 6.45) is 1.46. The molecule has 1 aromatic heterocycles. The molecule has 3 N–H and O–H groups in total. The third kappa shape index (κ3) is 4.10. The summed E-state index contributed by atoms with van der Waals surface area (Å²) >= 11 is 0. The van der Waals surface area contributed by atoms with Crippen molar-refractivity contribution in [2.75, 3.05) is 0 Å². The molecule has 1 aromatic rings. The van der Waals surface area contributed by atoms with Gasteiger partial charge in [-0.05, 0) is 19.1 Å². The van der Waals surface area contributed by atoms with Crippen LogP contribution >= 0.6 is 0 Å². The summed E-state index contributed by atoms with van der Waals surface area (Å²) in [6.45, 7) is 1.85. The van der Waals surface area contributed by atoms with E-state index in [-0.39, 0.29) is 13.0 Å². The van der Waals surface area contributed by atoms with Gasteiger partial charge in [0.1, 0.15) is 0 Å². The molecule has 1 atom stereocenters. The number of nitrogens with zero attached hydrogens (tertiary/aromatic N) is 2. The molecular weight excluding hydrogens is 222 g/mol. The molecule has 1 unspecified atom stereocenters. The van der Waals surface area contributed by atoms with Gasteiger partial charge in [0.25, 0.3) is 0 Å². The number of carbonyl (C=O) groups is 2. The van der Waals surface area contributed by atoms with Crippen molar-refractivity contribution in [2.45, 2.75) is 25.9 Å². The van der Waals surface area contributed by atoms with Gasteiger partial charge < -0.3 is 15.7 Å². The lowest BCUT2D eigenvalue weighted by molar-refractivity contribution is -0.138. The van der Waals surface area contributed by atoms with E-state index in [9.17, 15) is 9.59 Å². The van der Waals surface area contributed by atoms with E-state index in [4.69, 9.17) is 10.8 Å². The normalized spacial score (nSPS) is 11.8. The van der Waals surface area contributed by atoms with E-state index in [2.05, 4.69) is 4.98 Å². The molecule has 0 aromatic carbocycles. The second kappa shape index (κ2) is 5.83. The Morgan fingerprint density at radius 1 is 1.53 bits per heavy atom. The monoisotopic (exact) mass is 237 g/mol. The van der Waals surface area contributed by atoms with Gasteiger partial charge in [0, 0.05) is 12.2 Å². The zero-order valence-electron chi connectivity index (χ0n) is 9.54. The highest BCUT2D eigenvalue weighted by Gasteiger charge is 2.20. The fourth-order valence-corrected chi connectivity index (χ4v) is 1.48. The van der Waals surface area contributed by atoms with Gasteiger partial charge in [-0.1, -0.05) is 6.07 Å². The number of hydrogen-bond donors (Lipinski definition) is 2. The first kappa shape index (κ1) is 13.0. The summed E-state index contributed by atoms with van der Waals surface area (Å²) in [4.78, 5) is 27.2. The van der Waals surface area contributed by atoms with E-state index in [0.29, 0.717) is 5.69 Å². The molecule has 0 fully saturated rings. The van der Waals surface area contributed by atoms with Gasteiger partial charge in [-0.15, -0.1) is 0 Å². The van der Waals surface area contributed by atoms with Crippen LogP contribution in [0.1, 0.15) is 19.0 Å². The second-order valence-electron chi connectivity index (χ2n) is 3.73. The molecule has 0 radical (unpaired) electrons. The topological polar surface area (TPSA) is 96.5 Å². The first-order valence-electron chi connectivity index (χ1n) is 5.18. The molecule has 0 spiro atoms. The molecule has 0 aliphatic heterocycles. The minimum atomic E-state index is -0.968. The van der Waals surface area contributed by atoms with Gasteiger partial charge in [-0.2, -0.15) is 0 Å². The van der Waals surface area contributed by atoms with Crippen molar-refractivity contribution in [1.29, 1.82) is 0 Å². The predicted molar refractivity (Wildman–Crippen MR) is 61.1 cm³/mol. The second-order valence-corrected chi connectivity index (χ2v) is 3.73. The average Bonchev–Trinajstić information content (AvgIpc) is 2.25. The van der Waals surface area contributed by atoms with Gasteiger partial charge >= 0.3 is 12.0 Å². The third-order valence-electron chi connectivity index (χ3n) is 2.34. The molecule has 0 aliphatic rings. The molecule has 6 nitrogen and oxygen atoms in total. The Kier molecular flexibility index (Phi) is 4.45. The van der Waals surface area contributed by atoms with Crippen LogP contribution in [0.25, 0.3) is 0 Å². The highest BCUT2D eigenvalue weighted by molar-refractivity contribution is 5.74. The molecule has 92 valence electrons. The molecule has 6 heteroatoms. The Hall–Kier alpha value is -2.11. The zero-order chi connectivity index (χ0) is 12.8. The van der Waals surface area contributed by atoms with Crippen LogP contribution in [0.5, 0.6) is 0 Å². The maximum Gasteiger partial charge on any atom is 0.315 e. The van der Waals surface area contributed by atoms with Crippen molar-refractivity contribution >= 4 is 12.0 Å². The van der Waals surface area contributed by atoms with Crippen LogP contribution in [0.4, 0.5) is 4.79 Å². The fourth-order valence-electron chi connectivity index (χ4n) is 1.48. The summed E-state index contributed by atoms with van der Waals surface area (Å²) in [7, 11) is 0. The van der Waals surface area contributed by atoms with Crippen molar-refractivity contribution in [3.05, 3.63) is 30.1 Å². The molecule has 2 amide bonds. The Bertz CT molecular complexity index is 394. The van der Waals surface area contributed by atoms with Crippen molar-refractivity contribution < 1.29 is 14.7 Å². The molecular formula is C11H15N3O3. The highest BCUT2D eigenvalue weighted by Crippen LogP contribution is 2.08. The quantitative estimate of drug-likeness (QED) is 0.792. The van der Waals surface area contributed by atoms with E-state index in [1.807, 2.05) is 0 Å². The number of pyridine rings is 1. The van der Waals surface area contributed by atoms with Crippen molar-refractivity contribution in [1.82, 2.24) is 9.88 Å². The van der Waals surface area contributed by atoms with Crippen LogP contribution in [0, 0.1) is 0 Å². The number of rotatable bonds is 5. The number of carboxylic acids is 1. The molecule has 1 rings (SSSR count). The van der Waals surface area contributed by atoms with Crippen LogP contribution in [-0.2, 0) is 11.3 Å². The van der Waals surface area contributed by atoms with Crippen LogP contribution in [-0.4, -0.2) is 33.0 Å². The number of carboxylic acid groups (broad SMARTS) is 1. The van der Waals surface area contributed by atoms with Crippen LogP contribution in [0.2, 0.25) is 0 Å². The van der Waals surface area contributed by atoms with E-state index in [1.165, 1.54) is 4.90 Å². The number of carbonyl (C=O) groups excluding carboxylic acids is 1. The maximum absolute atomic E-state index is 11.3. The van der Waals surface area contributed by atoms with Crippen LogP contribution in [0.3, 0.4) is 0 Å². The molecule has 1 heterocycles. The lowest BCUT2D eigenvalue weighted by Gasteiger charge is -2.26. The van der Waals surface area contributed by atoms with E-state index in [1.54, 1.807) is 31.3 Å². The average molecular weight is 237 g/mol. The first-order chi connectivity index (χ1) is 8.00. The molecule has 0 bridgehead atoms. The number of nitrogens with two attached hydrogens (primary N) is 1. The standard InChI is InChI=1S/C11H15N3O3/c1-8(6-10(15)16)14(11(12)17)7-9-4-2-3-5-13-9/h2-5,8H,6-7H2,1H3,(H2,12,17)(H,15,16). The lowest BCUT2D eigenvalue weighted by Crippen LogP contribution is -2.42. The van der Waals surface area contributed by atoms with Gasteiger partial charge in [-0.3, -0.25) is 9.78 Å². The minimum absolute atomic E-state index is 0.143. The maximum atomic E-state index is 11.3. The highest BCUT2D eigenvalue weighted by atomic mass is 16.4. The Balaban J connectivity index is 2.73. The number of aromatic nitrogens is 1. The van der Waals surface area contributed by atoms with Crippen LogP contribution < -0.4 is 5.73 Å². The molecule has 0 aliphatic carbocycles. The number of aliphatic carboxylic acids is 1. The summed E-state index contributed by atoms with van der Waals surface area (Å²) in [6, 6.07) is 4.20. The van der Waals surface area contributed by atoms with Crippen molar-refractivity contribution in [3.63, 3.8) is 0 Å². The summed E-state index contributed by atoms with van der Waals surface area (Å²) in [5.74, 6) is -0.968. The molecule has 0 saturated heterocycles. The number of primary amides is 1. The third-order valence-corrected chi connectivity index (χ3v) is 2.34. The van der Waals surface area contributed by atoms with Crippen molar-refractivity contribution in [2.24, 2.45) is 5.73 Å². The first-order valence-corrected chi connectivity index (χ1v) is 5.18. The number of hydrogen-bond acceptors (Lipinski definition) is 3. The van der Waals surface area contributed by atoms with E-state index >= 15 is 0 Å². The van der Waals surface area contributed by atoms with Crippen molar-refractivity contribution in [3.8, 4) is 0 Å². The summed E-state index contributed by atoms with van der Waals surface area (Å²) in [5, 5.41) is 8.69. The van der Waals surface area contributed by atoms with Gasteiger partial charge in [0.2, 0.25) is 0 Å². The van der Waals surface area contributed by atoms with Crippen LogP contribution in [0.15, 0.2) is 24.4 Å². The van der Waals surface area contributed by atoms with E-state index in [0.717, 1.165) is 0 Å². The zero-order valence-corrected chi connectivity index (χ0v) is 9.54.